The van der Waals surface area contributed by atoms with Gasteiger partial charge in [-0.2, -0.15) is 9.57 Å². The zero-order valence-corrected chi connectivity index (χ0v) is 16.3. The van der Waals surface area contributed by atoms with Crippen molar-refractivity contribution in [2.75, 3.05) is 26.2 Å². The number of nitriles is 1. The fraction of sp³-hybridized carbons (Fsp3) is 0.278. The molecule has 136 valence electrons. The molecule has 5 nitrogen and oxygen atoms in total. The lowest BCUT2D eigenvalue weighted by Crippen LogP contribution is -3.13. The first kappa shape index (κ1) is 19.2. The number of nitrogens with zero attached hydrogens (tertiary/aromatic N) is 2. The molecule has 0 aliphatic carbocycles. The Labute approximate surface area is 163 Å². The van der Waals surface area contributed by atoms with Crippen LogP contribution in [0.4, 0.5) is 0 Å². The van der Waals surface area contributed by atoms with Crippen LogP contribution in [0.3, 0.4) is 0 Å². The van der Waals surface area contributed by atoms with Crippen molar-refractivity contribution >= 4 is 33.2 Å². The summed E-state index contributed by atoms with van der Waals surface area (Å²) in [5.41, 5.74) is 1.72. The van der Waals surface area contributed by atoms with Gasteiger partial charge in [-0.05, 0) is 30.3 Å². The molecular formula is C18H18Cl2N3O2S+. The van der Waals surface area contributed by atoms with E-state index in [0.29, 0.717) is 36.8 Å². The van der Waals surface area contributed by atoms with Gasteiger partial charge in [-0.25, -0.2) is 8.42 Å². The molecule has 26 heavy (non-hydrogen) atoms. The Morgan fingerprint density at radius 1 is 1.08 bits per heavy atom. The first-order chi connectivity index (χ1) is 12.4. The molecule has 1 aliphatic heterocycles. The minimum Gasteiger partial charge on any atom is -0.329 e. The Hall–Kier alpha value is -1.62. The molecule has 0 amide bonds. The van der Waals surface area contributed by atoms with E-state index in [0.717, 1.165) is 12.1 Å². The van der Waals surface area contributed by atoms with E-state index in [1.54, 1.807) is 6.07 Å². The van der Waals surface area contributed by atoms with Gasteiger partial charge in [0.1, 0.15) is 6.54 Å². The van der Waals surface area contributed by atoms with E-state index >= 15 is 0 Å². The van der Waals surface area contributed by atoms with Crippen LogP contribution in [-0.4, -0.2) is 38.9 Å². The summed E-state index contributed by atoms with van der Waals surface area (Å²) in [6.45, 7) is 3.07. The maximum atomic E-state index is 12.8. The molecule has 0 spiro atoms. The van der Waals surface area contributed by atoms with Crippen molar-refractivity contribution in [1.82, 2.24) is 4.31 Å². The van der Waals surface area contributed by atoms with Crippen molar-refractivity contribution < 1.29 is 13.3 Å². The van der Waals surface area contributed by atoms with Gasteiger partial charge >= 0.3 is 0 Å². The van der Waals surface area contributed by atoms with Crippen LogP contribution in [0.1, 0.15) is 11.1 Å². The monoisotopic (exact) mass is 410 g/mol. The van der Waals surface area contributed by atoms with Gasteiger partial charge < -0.3 is 4.90 Å². The maximum Gasteiger partial charge on any atom is 0.243 e. The predicted molar refractivity (Wildman–Crippen MR) is 101 cm³/mol. The summed E-state index contributed by atoms with van der Waals surface area (Å²) >= 11 is 11.8. The van der Waals surface area contributed by atoms with Crippen LogP contribution in [0, 0.1) is 11.3 Å². The van der Waals surface area contributed by atoms with E-state index in [-0.39, 0.29) is 9.92 Å². The van der Waals surface area contributed by atoms with Gasteiger partial charge in [-0.1, -0.05) is 35.3 Å². The second-order valence-electron chi connectivity index (χ2n) is 6.22. The number of quaternary nitrogens is 1. The summed E-state index contributed by atoms with van der Waals surface area (Å²) in [6, 6.07) is 14.0. The minimum atomic E-state index is -3.57. The molecule has 0 radical (unpaired) electrons. The lowest BCUT2D eigenvalue weighted by Gasteiger charge is -2.31. The fourth-order valence-electron chi connectivity index (χ4n) is 3.05. The molecule has 2 aromatic rings. The molecule has 0 unspecified atom stereocenters. The normalized spacial score (nSPS) is 16.3. The quantitative estimate of drug-likeness (QED) is 0.837. The van der Waals surface area contributed by atoms with Crippen LogP contribution in [0.25, 0.3) is 0 Å². The minimum absolute atomic E-state index is 0.164. The highest BCUT2D eigenvalue weighted by Gasteiger charge is 2.30. The van der Waals surface area contributed by atoms with E-state index in [2.05, 4.69) is 6.07 Å². The van der Waals surface area contributed by atoms with Crippen LogP contribution in [0.5, 0.6) is 0 Å². The molecule has 1 heterocycles. The Kier molecular flexibility index (Phi) is 5.86. The van der Waals surface area contributed by atoms with Crippen molar-refractivity contribution in [3.05, 3.63) is 63.6 Å². The van der Waals surface area contributed by atoms with Crippen LogP contribution < -0.4 is 4.90 Å². The number of rotatable bonds is 4. The van der Waals surface area contributed by atoms with Crippen molar-refractivity contribution in [2.24, 2.45) is 0 Å². The number of sulfonamides is 1. The number of halogens is 2. The largest absolute Gasteiger partial charge is 0.329 e. The average molecular weight is 411 g/mol. The highest BCUT2D eigenvalue weighted by atomic mass is 35.5. The second-order valence-corrected chi connectivity index (χ2v) is 8.97. The SMILES string of the molecule is N#Cc1cccc(C[NH+]2CCN(S(=O)(=O)c3ccc(Cl)c(Cl)c3)CC2)c1. The van der Waals surface area contributed by atoms with Gasteiger partial charge in [0.05, 0.1) is 52.8 Å². The highest BCUT2D eigenvalue weighted by molar-refractivity contribution is 7.89. The molecule has 1 aliphatic rings. The summed E-state index contributed by atoms with van der Waals surface area (Å²) in [5.74, 6) is 0. The molecule has 0 aromatic heterocycles. The number of hydrogen-bond donors (Lipinski definition) is 1. The molecule has 0 atom stereocenters. The van der Waals surface area contributed by atoms with Crippen molar-refractivity contribution in [1.29, 1.82) is 5.26 Å². The van der Waals surface area contributed by atoms with E-state index in [1.807, 2.05) is 18.2 Å². The van der Waals surface area contributed by atoms with Gasteiger partial charge in [0.2, 0.25) is 10.0 Å². The predicted octanol–water partition coefficient (Wildman–Crippen LogP) is 1.95. The number of hydrogen-bond acceptors (Lipinski definition) is 3. The first-order valence-electron chi connectivity index (χ1n) is 8.18. The molecule has 1 fully saturated rings. The van der Waals surface area contributed by atoms with Crippen molar-refractivity contribution in [2.45, 2.75) is 11.4 Å². The Morgan fingerprint density at radius 2 is 1.81 bits per heavy atom. The second kappa shape index (κ2) is 7.95. The lowest BCUT2D eigenvalue weighted by atomic mass is 10.1. The van der Waals surface area contributed by atoms with Crippen LogP contribution in [0.15, 0.2) is 47.4 Å². The van der Waals surface area contributed by atoms with Crippen molar-refractivity contribution in [3.63, 3.8) is 0 Å². The molecule has 3 rings (SSSR count). The number of nitrogens with one attached hydrogen (secondary N) is 1. The zero-order chi connectivity index (χ0) is 18.7. The van der Waals surface area contributed by atoms with Gasteiger partial charge in [-0.15, -0.1) is 0 Å². The van der Waals surface area contributed by atoms with Crippen LogP contribution in [-0.2, 0) is 16.6 Å². The summed E-state index contributed by atoms with van der Waals surface area (Å²) in [7, 11) is -3.57. The third kappa shape index (κ3) is 4.20. The van der Waals surface area contributed by atoms with Crippen LogP contribution >= 0.6 is 23.2 Å². The molecule has 1 saturated heterocycles. The maximum absolute atomic E-state index is 12.8. The van der Waals surface area contributed by atoms with E-state index < -0.39 is 10.0 Å². The van der Waals surface area contributed by atoms with E-state index in [1.165, 1.54) is 27.4 Å². The van der Waals surface area contributed by atoms with Gasteiger partial charge in [-0.3, -0.25) is 0 Å². The van der Waals surface area contributed by atoms with E-state index in [9.17, 15) is 8.42 Å². The smallest absolute Gasteiger partial charge is 0.243 e. The standard InChI is InChI=1S/C18H17Cl2N3O2S/c19-17-5-4-16(11-18(17)20)26(24,25)23-8-6-22(7-9-23)13-15-3-1-2-14(10-15)12-21/h1-5,10-11H,6-9,13H2/p+1. The summed E-state index contributed by atoms with van der Waals surface area (Å²) < 4.78 is 27.0. The van der Waals surface area contributed by atoms with E-state index in [4.69, 9.17) is 28.5 Å². The summed E-state index contributed by atoms with van der Waals surface area (Å²) in [5, 5.41) is 9.55. The summed E-state index contributed by atoms with van der Waals surface area (Å²) in [6.07, 6.45) is 0. The lowest BCUT2D eigenvalue weighted by molar-refractivity contribution is -0.917. The summed E-state index contributed by atoms with van der Waals surface area (Å²) in [4.78, 5) is 1.46. The number of piperazine rings is 1. The molecule has 2 aromatic carbocycles. The first-order valence-corrected chi connectivity index (χ1v) is 10.4. The third-order valence-electron chi connectivity index (χ3n) is 4.47. The topological polar surface area (TPSA) is 65.6 Å². The molecule has 8 heteroatoms. The Morgan fingerprint density at radius 3 is 2.46 bits per heavy atom. The van der Waals surface area contributed by atoms with Gasteiger partial charge in [0.25, 0.3) is 0 Å². The highest BCUT2D eigenvalue weighted by Crippen LogP contribution is 2.26. The molecule has 0 bridgehead atoms. The third-order valence-corrected chi connectivity index (χ3v) is 7.10. The Balaban J connectivity index is 1.65. The molecular weight excluding hydrogens is 393 g/mol. The molecule has 0 saturated carbocycles. The fourth-order valence-corrected chi connectivity index (χ4v) is 4.88. The van der Waals surface area contributed by atoms with Gasteiger partial charge in [0, 0.05) is 5.56 Å². The number of benzene rings is 2. The van der Waals surface area contributed by atoms with Crippen molar-refractivity contribution in [3.8, 4) is 6.07 Å². The van der Waals surface area contributed by atoms with Gasteiger partial charge in [0.15, 0.2) is 0 Å². The average Bonchev–Trinajstić information content (AvgIpc) is 2.64. The Bertz CT molecular complexity index is 949. The zero-order valence-electron chi connectivity index (χ0n) is 14.0. The molecule has 1 N–H and O–H groups in total. The van der Waals surface area contributed by atoms with Crippen LogP contribution in [0.2, 0.25) is 10.0 Å².